The van der Waals surface area contributed by atoms with E-state index < -0.39 is 35.3 Å². The van der Waals surface area contributed by atoms with Crippen molar-refractivity contribution >= 4 is 75.6 Å². The molecule has 3 aliphatic heterocycles. The predicted octanol–water partition coefficient (Wildman–Crippen LogP) is 6.97. The number of rotatable bonds is 6. The van der Waals surface area contributed by atoms with Crippen LogP contribution in [0.2, 0.25) is 20.1 Å². The molecule has 1 spiro atoms. The fourth-order valence-electron chi connectivity index (χ4n) is 6.69. The van der Waals surface area contributed by atoms with Gasteiger partial charge >= 0.3 is 5.97 Å². The van der Waals surface area contributed by atoms with E-state index in [-0.39, 0.29) is 23.0 Å². The summed E-state index contributed by atoms with van der Waals surface area (Å²) in [6.45, 7) is 10.4. The number of carbonyl (C=O) groups excluding carboxylic acids is 3. The molecule has 2 aromatic carbocycles. The minimum atomic E-state index is -1.54. The summed E-state index contributed by atoms with van der Waals surface area (Å²) in [7, 11) is 0. The largest absolute Gasteiger partial charge is 0.461 e. The van der Waals surface area contributed by atoms with Crippen molar-refractivity contribution < 1.29 is 19.1 Å². The summed E-state index contributed by atoms with van der Waals surface area (Å²) in [4.78, 5) is 46.6. The molecular weight excluding hydrogens is 608 g/mol. The van der Waals surface area contributed by atoms with Crippen LogP contribution in [0.5, 0.6) is 0 Å². The van der Waals surface area contributed by atoms with E-state index in [4.69, 9.17) is 51.1 Å². The van der Waals surface area contributed by atoms with Gasteiger partial charge in [0.25, 0.3) is 5.91 Å². The van der Waals surface area contributed by atoms with E-state index in [1.165, 1.54) is 6.08 Å². The summed E-state index contributed by atoms with van der Waals surface area (Å²) >= 11 is 25.7. The number of anilines is 2. The number of carbonyl (C=O) groups is 3. The molecule has 1 N–H and O–H groups in total. The molecule has 3 aliphatic rings. The summed E-state index contributed by atoms with van der Waals surface area (Å²) in [5, 5.41) is 4.21. The van der Waals surface area contributed by atoms with Crippen molar-refractivity contribution in [1.29, 1.82) is 0 Å². The maximum Gasteiger partial charge on any atom is 0.312 e. The van der Waals surface area contributed by atoms with Gasteiger partial charge in [-0.3, -0.25) is 19.3 Å². The van der Waals surface area contributed by atoms with Crippen LogP contribution in [0, 0.1) is 17.3 Å². The highest BCUT2D eigenvalue weighted by Crippen LogP contribution is 2.60. The quantitative estimate of drug-likeness (QED) is 0.273. The van der Waals surface area contributed by atoms with Crippen LogP contribution in [-0.2, 0) is 24.7 Å². The Labute approximate surface area is 259 Å². The van der Waals surface area contributed by atoms with E-state index in [0.29, 0.717) is 51.5 Å². The molecule has 5 rings (SSSR count). The van der Waals surface area contributed by atoms with Gasteiger partial charge in [0.1, 0.15) is 18.1 Å². The number of ether oxygens (including phenoxy) is 1. The first kappa shape index (κ1) is 30.2. The predicted molar refractivity (Wildman–Crippen MR) is 163 cm³/mol. The standard InChI is InChI=1S/C30H31Cl4N3O4/c1-5-9-41-27(39)24-23(26(38)36(15-29(2,3)4)19-11-16(31)10-17(32)12-19)22-7-6-8-37(22)30(24)20-13-18(33)14-21(34)25(20)35-28(30)40/h5,10-14,22-24H,1,6-9,15H2,2-4H3,(H,35,40)/t22?,23-,24+,30-/m1/s1. The lowest BCUT2D eigenvalue weighted by atomic mass is 9.73. The van der Waals surface area contributed by atoms with Gasteiger partial charge in [0.05, 0.1) is 16.6 Å². The molecule has 2 fully saturated rings. The molecule has 4 atom stereocenters. The van der Waals surface area contributed by atoms with Crippen LogP contribution in [0.1, 0.15) is 39.2 Å². The summed E-state index contributed by atoms with van der Waals surface area (Å²) in [5.74, 6) is -3.54. The second kappa shape index (κ2) is 11.1. The number of esters is 1. The molecule has 0 saturated carbocycles. The third-order valence-electron chi connectivity index (χ3n) is 7.97. The van der Waals surface area contributed by atoms with Crippen LogP contribution >= 0.6 is 46.4 Å². The number of fused-ring (bicyclic) bond motifs is 4. The van der Waals surface area contributed by atoms with Gasteiger partial charge in [0.2, 0.25) is 5.91 Å². The third kappa shape index (κ3) is 5.14. The molecule has 0 radical (unpaired) electrons. The number of hydrogen-bond donors (Lipinski definition) is 1. The Balaban J connectivity index is 1.73. The van der Waals surface area contributed by atoms with E-state index in [2.05, 4.69) is 11.9 Å². The minimum absolute atomic E-state index is 0.0720. The molecule has 7 nitrogen and oxygen atoms in total. The Hall–Kier alpha value is -2.29. The second-order valence-corrected chi connectivity index (χ2v) is 13.7. The van der Waals surface area contributed by atoms with Crippen LogP contribution in [0.25, 0.3) is 0 Å². The first-order valence-electron chi connectivity index (χ1n) is 13.4. The lowest BCUT2D eigenvalue weighted by molar-refractivity contribution is -0.157. The number of halogens is 4. The number of hydrogen-bond acceptors (Lipinski definition) is 5. The van der Waals surface area contributed by atoms with Crippen molar-refractivity contribution in [3.63, 3.8) is 0 Å². The Morgan fingerprint density at radius 2 is 1.78 bits per heavy atom. The minimum Gasteiger partial charge on any atom is -0.461 e. The lowest BCUT2D eigenvalue weighted by Gasteiger charge is -2.37. The monoisotopic (exact) mass is 637 g/mol. The first-order valence-corrected chi connectivity index (χ1v) is 14.9. The fraction of sp³-hybridized carbons (Fsp3) is 0.433. The van der Waals surface area contributed by atoms with Gasteiger partial charge in [0, 0.05) is 38.9 Å². The number of nitrogens with one attached hydrogen (secondary N) is 1. The highest BCUT2D eigenvalue weighted by atomic mass is 35.5. The molecule has 1 unspecified atom stereocenters. The van der Waals surface area contributed by atoms with Gasteiger partial charge in [-0.25, -0.2) is 0 Å². The molecule has 0 bridgehead atoms. The van der Waals surface area contributed by atoms with Crippen molar-refractivity contribution in [3.8, 4) is 0 Å². The van der Waals surface area contributed by atoms with E-state index in [1.807, 2.05) is 25.7 Å². The molecule has 2 saturated heterocycles. The summed E-state index contributed by atoms with van der Waals surface area (Å²) in [6.07, 6.45) is 2.80. The Morgan fingerprint density at radius 3 is 2.41 bits per heavy atom. The van der Waals surface area contributed by atoms with Gasteiger partial charge in [-0.05, 0) is 55.1 Å². The molecule has 2 amide bonds. The third-order valence-corrected chi connectivity index (χ3v) is 8.92. The van der Waals surface area contributed by atoms with Crippen molar-refractivity contribution in [2.45, 2.75) is 45.2 Å². The van der Waals surface area contributed by atoms with Gasteiger partial charge in [-0.1, -0.05) is 79.8 Å². The van der Waals surface area contributed by atoms with Crippen LogP contribution in [0.3, 0.4) is 0 Å². The van der Waals surface area contributed by atoms with E-state index >= 15 is 0 Å². The summed E-state index contributed by atoms with van der Waals surface area (Å²) in [5.41, 5.74) is -0.505. The van der Waals surface area contributed by atoms with Crippen molar-refractivity contribution in [2.75, 3.05) is 29.9 Å². The lowest BCUT2D eigenvalue weighted by Crippen LogP contribution is -2.54. The zero-order chi connectivity index (χ0) is 29.9. The molecule has 0 aromatic heterocycles. The molecule has 218 valence electrons. The van der Waals surface area contributed by atoms with Gasteiger partial charge in [-0.2, -0.15) is 0 Å². The maximum absolute atomic E-state index is 14.9. The first-order chi connectivity index (χ1) is 19.3. The summed E-state index contributed by atoms with van der Waals surface area (Å²) < 4.78 is 5.61. The van der Waals surface area contributed by atoms with Gasteiger partial charge < -0.3 is 15.0 Å². The van der Waals surface area contributed by atoms with Gasteiger partial charge in [0.15, 0.2) is 0 Å². The Morgan fingerprint density at radius 1 is 1.12 bits per heavy atom. The normalized spacial score (nSPS) is 25.1. The molecule has 3 heterocycles. The SMILES string of the molecule is C=CCOC(=O)[C@@H]1[C@H](C(=O)N(CC(C)(C)C)c2cc(Cl)cc(Cl)c2)C2CCCN2[C@@]12C(=O)Nc1c(Cl)cc(Cl)cc12. The summed E-state index contributed by atoms with van der Waals surface area (Å²) in [6, 6.07) is 7.72. The Bertz CT molecular complexity index is 1420. The topological polar surface area (TPSA) is 79.0 Å². The van der Waals surface area contributed by atoms with Crippen LogP contribution in [-0.4, -0.2) is 48.4 Å². The fourth-order valence-corrected chi connectivity index (χ4v) is 7.75. The van der Waals surface area contributed by atoms with Crippen LogP contribution in [0.4, 0.5) is 11.4 Å². The maximum atomic E-state index is 14.9. The van der Waals surface area contributed by atoms with Crippen molar-refractivity contribution in [2.24, 2.45) is 17.3 Å². The zero-order valence-electron chi connectivity index (χ0n) is 23.0. The number of benzene rings is 2. The van der Waals surface area contributed by atoms with Crippen LogP contribution in [0.15, 0.2) is 43.0 Å². The van der Waals surface area contributed by atoms with Gasteiger partial charge in [-0.15, -0.1) is 0 Å². The molecular formula is C30H31Cl4N3O4. The van der Waals surface area contributed by atoms with Crippen molar-refractivity contribution in [1.82, 2.24) is 4.90 Å². The highest BCUT2D eigenvalue weighted by molar-refractivity contribution is 6.38. The van der Waals surface area contributed by atoms with E-state index in [9.17, 15) is 14.4 Å². The molecule has 41 heavy (non-hydrogen) atoms. The van der Waals surface area contributed by atoms with E-state index in [1.54, 1.807) is 35.2 Å². The highest BCUT2D eigenvalue weighted by Gasteiger charge is 2.72. The van der Waals surface area contributed by atoms with E-state index in [0.717, 1.165) is 6.42 Å². The molecule has 2 aromatic rings. The molecule has 0 aliphatic carbocycles. The average Bonchev–Trinajstić information content (AvgIpc) is 3.53. The smallest absolute Gasteiger partial charge is 0.312 e. The number of nitrogens with zero attached hydrogens (tertiary/aromatic N) is 2. The number of amides is 2. The van der Waals surface area contributed by atoms with Crippen LogP contribution < -0.4 is 10.2 Å². The second-order valence-electron chi connectivity index (χ2n) is 12.0. The zero-order valence-corrected chi connectivity index (χ0v) is 26.0. The Kier molecular flexibility index (Phi) is 8.16. The molecule has 11 heteroatoms. The van der Waals surface area contributed by atoms with Crippen molar-refractivity contribution in [3.05, 3.63) is 68.6 Å². The average molecular weight is 639 g/mol.